The molecule has 7 heteroatoms. The van der Waals surface area contributed by atoms with Crippen molar-refractivity contribution in [3.63, 3.8) is 0 Å². The first-order valence-electron chi connectivity index (χ1n) is 7.99. The molecule has 0 saturated heterocycles. The summed E-state index contributed by atoms with van der Waals surface area (Å²) in [6.45, 7) is 3.13. The van der Waals surface area contributed by atoms with E-state index in [-0.39, 0.29) is 23.6 Å². The minimum atomic E-state index is -4.53. The molecule has 0 heterocycles. The van der Waals surface area contributed by atoms with Gasteiger partial charge in [-0.2, -0.15) is 13.2 Å². The van der Waals surface area contributed by atoms with Crippen LogP contribution in [0.15, 0.2) is 36.4 Å². The third-order valence-corrected chi connectivity index (χ3v) is 4.03. The van der Waals surface area contributed by atoms with Crippen LogP contribution in [0.3, 0.4) is 0 Å². The number of amides is 1. The zero-order valence-electron chi connectivity index (χ0n) is 14.6. The summed E-state index contributed by atoms with van der Waals surface area (Å²) < 4.78 is 45.8. The fourth-order valence-electron chi connectivity index (χ4n) is 2.82. The van der Waals surface area contributed by atoms with E-state index in [4.69, 9.17) is 9.84 Å². The zero-order valence-corrected chi connectivity index (χ0v) is 14.6. The van der Waals surface area contributed by atoms with Gasteiger partial charge in [0.15, 0.2) is 0 Å². The molecule has 2 aromatic carbocycles. The van der Waals surface area contributed by atoms with E-state index >= 15 is 0 Å². The number of alkyl halides is 3. The van der Waals surface area contributed by atoms with E-state index in [0.717, 1.165) is 6.07 Å². The molecule has 0 unspecified atom stereocenters. The SMILES string of the molecule is COc1ccccc1-c1cc(C(C)C)c(C(F)(F)F)cc1CNC(=O)O. The third kappa shape index (κ3) is 4.28. The molecule has 2 rings (SSSR count). The maximum Gasteiger partial charge on any atom is 0.416 e. The number of benzene rings is 2. The predicted octanol–water partition coefficient (Wildman–Crippen LogP) is 5.27. The molecular weight excluding hydrogens is 347 g/mol. The Hall–Kier alpha value is -2.70. The molecule has 0 fully saturated rings. The summed E-state index contributed by atoms with van der Waals surface area (Å²) >= 11 is 0. The molecule has 0 aliphatic rings. The van der Waals surface area contributed by atoms with E-state index in [1.165, 1.54) is 13.2 Å². The van der Waals surface area contributed by atoms with Crippen LogP contribution in [0.1, 0.15) is 36.5 Å². The Balaban J connectivity index is 2.75. The number of hydrogen-bond donors (Lipinski definition) is 2. The number of nitrogens with one attached hydrogen (secondary N) is 1. The van der Waals surface area contributed by atoms with Gasteiger partial charge in [0, 0.05) is 12.1 Å². The summed E-state index contributed by atoms with van der Waals surface area (Å²) in [6, 6.07) is 9.44. The third-order valence-electron chi connectivity index (χ3n) is 4.03. The molecule has 0 atom stereocenters. The van der Waals surface area contributed by atoms with Crippen LogP contribution < -0.4 is 10.1 Å². The minimum absolute atomic E-state index is 0.150. The Morgan fingerprint density at radius 2 is 1.85 bits per heavy atom. The summed E-state index contributed by atoms with van der Waals surface area (Å²) in [5, 5.41) is 11.0. The second kappa shape index (κ2) is 7.68. The van der Waals surface area contributed by atoms with Gasteiger partial charge in [-0.15, -0.1) is 0 Å². The van der Waals surface area contributed by atoms with Gasteiger partial charge in [0.05, 0.1) is 12.7 Å². The van der Waals surface area contributed by atoms with Gasteiger partial charge in [-0.3, -0.25) is 0 Å². The number of ether oxygens (including phenoxy) is 1. The second-order valence-electron chi connectivity index (χ2n) is 6.11. The molecule has 1 amide bonds. The lowest BCUT2D eigenvalue weighted by Crippen LogP contribution is -2.21. The molecule has 2 aromatic rings. The number of halogens is 3. The topological polar surface area (TPSA) is 58.6 Å². The predicted molar refractivity (Wildman–Crippen MR) is 92.4 cm³/mol. The maximum absolute atomic E-state index is 13.5. The van der Waals surface area contributed by atoms with Gasteiger partial charge >= 0.3 is 12.3 Å². The van der Waals surface area contributed by atoms with Gasteiger partial charge in [-0.1, -0.05) is 32.0 Å². The van der Waals surface area contributed by atoms with E-state index in [2.05, 4.69) is 5.32 Å². The van der Waals surface area contributed by atoms with E-state index in [1.807, 2.05) is 0 Å². The smallest absolute Gasteiger partial charge is 0.416 e. The molecule has 0 spiro atoms. The summed E-state index contributed by atoms with van der Waals surface area (Å²) in [5.74, 6) is 0.139. The molecule has 4 nitrogen and oxygen atoms in total. The lowest BCUT2D eigenvalue weighted by molar-refractivity contribution is -0.138. The lowest BCUT2D eigenvalue weighted by atomic mass is 9.88. The number of carboxylic acid groups (broad SMARTS) is 1. The van der Waals surface area contributed by atoms with Crippen LogP contribution in [0, 0.1) is 0 Å². The molecule has 0 saturated carbocycles. The first-order chi connectivity index (χ1) is 12.1. The van der Waals surface area contributed by atoms with E-state index in [1.54, 1.807) is 38.1 Å². The van der Waals surface area contributed by atoms with Crippen molar-refractivity contribution in [1.82, 2.24) is 5.32 Å². The van der Waals surface area contributed by atoms with Gasteiger partial charge in [0.25, 0.3) is 0 Å². The van der Waals surface area contributed by atoms with Crippen molar-refractivity contribution in [2.24, 2.45) is 0 Å². The quantitative estimate of drug-likeness (QED) is 0.757. The van der Waals surface area contributed by atoms with Crippen LogP contribution in [0.25, 0.3) is 11.1 Å². The first-order valence-corrected chi connectivity index (χ1v) is 7.99. The molecule has 140 valence electrons. The van der Waals surface area contributed by atoms with Crippen LogP contribution in [0.2, 0.25) is 0 Å². The molecule has 0 radical (unpaired) electrons. The first kappa shape index (κ1) is 19.6. The van der Waals surface area contributed by atoms with Crippen molar-refractivity contribution < 1.29 is 27.8 Å². The van der Waals surface area contributed by atoms with Gasteiger partial charge < -0.3 is 15.2 Å². The highest BCUT2D eigenvalue weighted by Gasteiger charge is 2.35. The Morgan fingerprint density at radius 3 is 2.38 bits per heavy atom. The molecule has 0 bridgehead atoms. The van der Waals surface area contributed by atoms with Gasteiger partial charge in [-0.25, -0.2) is 4.79 Å². The molecule has 26 heavy (non-hydrogen) atoms. The second-order valence-corrected chi connectivity index (χ2v) is 6.11. The Kier molecular flexibility index (Phi) is 5.79. The number of hydrogen-bond acceptors (Lipinski definition) is 2. The minimum Gasteiger partial charge on any atom is -0.496 e. The lowest BCUT2D eigenvalue weighted by Gasteiger charge is -2.21. The summed E-state index contributed by atoms with van der Waals surface area (Å²) in [5.41, 5.74) is 0.736. The number of para-hydroxylation sites is 1. The van der Waals surface area contributed by atoms with Crippen molar-refractivity contribution in [2.75, 3.05) is 7.11 Å². The molecule has 0 aliphatic carbocycles. The molecule has 0 aromatic heterocycles. The fraction of sp³-hybridized carbons (Fsp3) is 0.316. The van der Waals surface area contributed by atoms with Gasteiger partial charge in [0.2, 0.25) is 0 Å². The average Bonchev–Trinajstić information content (AvgIpc) is 2.58. The van der Waals surface area contributed by atoms with Crippen molar-refractivity contribution >= 4 is 6.09 Å². The van der Waals surface area contributed by atoms with Crippen LogP contribution in [0.5, 0.6) is 5.75 Å². The standard InChI is InChI=1S/C19H20F3NO3/c1-11(2)14-9-15(13-6-4-5-7-17(13)26-3)12(10-23-18(24)25)8-16(14)19(20,21)22/h4-9,11,23H,10H2,1-3H3,(H,24,25). The highest BCUT2D eigenvalue weighted by molar-refractivity contribution is 5.75. The number of rotatable bonds is 5. The van der Waals surface area contributed by atoms with E-state index in [9.17, 15) is 18.0 Å². The van der Waals surface area contributed by atoms with E-state index in [0.29, 0.717) is 16.9 Å². The van der Waals surface area contributed by atoms with Gasteiger partial charge in [-0.05, 0) is 40.8 Å². The van der Waals surface area contributed by atoms with Crippen molar-refractivity contribution in [3.8, 4) is 16.9 Å². The van der Waals surface area contributed by atoms with Crippen molar-refractivity contribution in [3.05, 3.63) is 53.1 Å². The van der Waals surface area contributed by atoms with E-state index < -0.39 is 17.8 Å². The van der Waals surface area contributed by atoms with Crippen LogP contribution in [-0.4, -0.2) is 18.3 Å². The maximum atomic E-state index is 13.5. The van der Waals surface area contributed by atoms with Crippen LogP contribution >= 0.6 is 0 Å². The van der Waals surface area contributed by atoms with Crippen molar-refractivity contribution in [1.29, 1.82) is 0 Å². The zero-order chi connectivity index (χ0) is 19.5. The largest absolute Gasteiger partial charge is 0.496 e. The molecular formula is C19H20F3NO3. The Labute approximate surface area is 149 Å². The highest BCUT2D eigenvalue weighted by atomic mass is 19.4. The fourth-order valence-corrected chi connectivity index (χ4v) is 2.82. The normalized spacial score (nSPS) is 11.5. The van der Waals surface area contributed by atoms with Crippen molar-refractivity contribution in [2.45, 2.75) is 32.5 Å². The molecule has 0 aliphatic heterocycles. The monoisotopic (exact) mass is 367 g/mol. The average molecular weight is 367 g/mol. The van der Waals surface area contributed by atoms with Crippen LogP contribution in [0.4, 0.5) is 18.0 Å². The number of methoxy groups -OCH3 is 1. The van der Waals surface area contributed by atoms with Gasteiger partial charge in [0.1, 0.15) is 5.75 Å². The Morgan fingerprint density at radius 1 is 1.19 bits per heavy atom. The summed E-state index contributed by atoms with van der Waals surface area (Å²) in [7, 11) is 1.47. The Bertz CT molecular complexity index is 801. The number of carbonyl (C=O) groups is 1. The molecule has 2 N–H and O–H groups in total. The summed E-state index contributed by atoms with van der Waals surface area (Å²) in [6.07, 6.45) is -5.84. The van der Waals surface area contributed by atoms with Crippen LogP contribution in [-0.2, 0) is 12.7 Å². The summed E-state index contributed by atoms with van der Waals surface area (Å²) in [4.78, 5) is 10.8. The highest BCUT2D eigenvalue weighted by Crippen LogP contribution is 2.41.